The van der Waals surface area contributed by atoms with Gasteiger partial charge in [0.2, 0.25) is 0 Å². The first-order chi connectivity index (χ1) is 8.86. The van der Waals surface area contributed by atoms with Crippen LogP contribution in [-0.4, -0.2) is 17.2 Å². The summed E-state index contributed by atoms with van der Waals surface area (Å²) in [6.45, 7) is 0.204. The number of carboxylic acid groups (broad SMARTS) is 1. The van der Waals surface area contributed by atoms with E-state index in [0.717, 1.165) is 12.1 Å². The topological polar surface area (TPSA) is 46.5 Å². The molecule has 0 heterocycles. The summed E-state index contributed by atoms with van der Waals surface area (Å²) in [5, 5.41) is 8.68. The van der Waals surface area contributed by atoms with Crippen LogP contribution in [0.3, 0.4) is 0 Å². The first kappa shape index (κ1) is 13.9. The summed E-state index contributed by atoms with van der Waals surface area (Å²) in [6, 6.07) is 4.77. The average molecular weight is 274 g/mol. The molecule has 1 aliphatic rings. The standard InChI is InChI=1S/C13H13F3O3/c14-13(15,16)10-3-1-8(2-4-10)7-19-11-5-9(6-11)12(17)18/h1-4,9,11H,5-7H2,(H,17,18). The summed E-state index contributed by atoms with van der Waals surface area (Å²) in [6.07, 6.45) is -3.50. The van der Waals surface area contributed by atoms with Gasteiger partial charge in [0.25, 0.3) is 0 Å². The van der Waals surface area contributed by atoms with Crippen LogP contribution in [0.25, 0.3) is 0 Å². The lowest BCUT2D eigenvalue weighted by atomic mass is 9.82. The Morgan fingerprint density at radius 3 is 2.32 bits per heavy atom. The van der Waals surface area contributed by atoms with Gasteiger partial charge in [-0.3, -0.25) is 4.79 Å². The van der Waals surface area contributed by atoms with Crippen molar-refractivity contribution in [2.45, 2.75) is 31.7 Å². The fourth-order valence-electron chi connectivity index (χ4n) is 1.91. The average Bonchev–Trinajstić information content (AvgIpc) is 2.25. The van der Waals surface area contributed by atoms with Gasteiger partial charge in [0, 0.05) is 0 Å². The molecular weight excluding hydrogens is 261 g/mol. The molecule has 0 atom stereocenters. The van der Waals surface area contributed by atoms with Crippen molar-refractivity contribution in [3.63, 3.8) is 0 Å². The number of hydrogen-bond donors (Lipinski definition) is 1. The van der Waals surface area contributed by atoms with Crippen LogP contribution in [-0.2, 0) is 22.3 Å². The van der Waals surface area contributed by atoms with E-state index in [0.29, 0.717) is 18.4 Å². The Morgan fingerprint density at radius 1 is 1.26 bits per heavy atom. The molecule has 1 saturated carbocycles. The zero-order valence-corrected chi connectivity index (χ0v) is 9.98. The zero-order chi connectivity index (χ0) is 14.0. The third-order valence-corrected chi connectivity index (χ3v) is 3.21. The highest BCUT2D eigenvalue weighted by Crippen LogP contribution is 2.32. The molecule has 1 aliphatic carbocycles. The van der Waals surface area contributed by atoms with E-state index in [-0.39, 0.29) is 18.6 Å². The predicted molar refractivity (Wildman–Crippen MR) is 60.4 cm³/mol. The Morgan fingerprint density at radius 2 is 1.84 bits per heavy atom. The van der Waals surface area contributed by atoms with E-state index in [1.165, 1.54) is 12.1 Å². The summed E-state index contributed by atoms with van der Waals surface area (Å²) >= 11 is 0. The Balaban J connectivity index is 1.80. The maximum Gasteiger partial charge on any atom is 0.416 e. The highest BCUT2D eigenvalue weighted by Gasteiger charge is 2.35. The lowest BCUT2D eigenvalue weighted by Gasteiger charge is -2.32. The van der Waals surface area contributed by atoms with Gasteiger partial charge in [-0.1, -0.05) is 12.1 Å². The van der Waals surface area contributed by atoms with Crippen molar-refractivity contribution in [3.05, 3.63) is 35.4 Å². The van der Waals surface area contributed by atoms with Gasteiger partial charge in [-0.05, 0) is 30.5 Å². The number of carbonyl (C=O) groups is 1. The molecule has 0 unspecified atom stereocenters. The number of hydrogen-bond acceptors (Lipinski definition) is 2. The van der Waals surface area contributed by atoms with Crippen molar-refractivity contribution in [2.75, 3.05) is 0 Å². The molecule has 0 aliphatic heterocycles. The molecule has 2 rings (SSSR count). The Bertz CT molecular complexity index is 447. The first-order valence-corrected chi connectivity index (χ1v) is 5.87. The third-order valence-electron chi connectivity index (χ3n) is 3.21. The van der Waals surface area contributed by atoms with Gasteiger partial charge in [0.15, 0.2) is 0 Å². The predicted octanol–water partition coefficient (Wildman–Crippen LogP) is 3.09. The molecule has 0 radical (unpaired) electrons. The summed E-state index contributed by atoms with van der Waals surface area (Å²) in [4.78, 5) is 10.6. The van der Waals surface area contributed by atoms with Crippen molar-refractivity contribution in [2.24, 2.45) is 5.92 Å². The zero-order valence-electron chi connectivity index (χ0n) is 9.98. The number of aliphatic carboxylic acids is 1. The van der Waals surface area contributed by atoms with E-state index in [1.54, 1.807) is 0 Å². The second-order valence-electron chi connectivity index (χ2n) is 4.63. The number of alkyl halides is 3. The molecule has 1 fully saturated rings. The second-order valence-corrected chi connectivity index (χ2v) is 4.63. The van der Waals surface area contributed by atoms with Gasteiger partial charge >= 0.3 is 12.1 Å². The second kappa shape index (κ2) is 5.21. The maximum absolute atomic E-state index is 12.3. The van der Waals surface area contributed by atoms with Crippen LogP contribution in [0.2, 0.25) is 0 Å². The van der Waals surface area contributed by atoms with Crippen molar-refractivity contribution >= 4 is 5.97 Å². The maximum atomic E-state index is 12.3. The number of ether oxygens (including phenoxy) is 1. The van der Waals surface area contributed by atoms with Gasteiger partial charge in [-0.2, -0.15) is 13.2 Å². The van der Waals surface area contributed by atoms with Gasteiger partial charge in [-0.15, -0.1) is 0 Å². The van der Waals surface area contributed by atoms with Crippen molar-refractivity contribution in [3.8, 4) is 0 Å². The molecule has 6 heteroatoms. The molecule has 0 spiro atoms. The van der Waals surface area contributed by atoms with Gasteiger partial charge in [-0.25, -0.2) is 0 Å². The smallest absolute Gasteiger partial charge is 0.416 e. The SMILES string of the molecule is O=C(O)C1CC(OCc2ccc(C(F)(F)F)cc2)C1. The number of halogens is 3. The molecule has 1 aromatic rings. The fourth-order valence-corrected chi connectivity index (χ4v) is 1.91. The number of carboxylic acids is 1. The van der Waals surface area contributed by atoms with Crippen LogP contribution in [0.5, 0.6) is 0 Å². The molecule has 1 N–H and O–H groups in total. The van der Waals surface area contributed by atoms with E-state index in [9.17, 15) is 18.0 Å². The van der Waals surface area contributed by atoms with Crippen molar-refractivity contribution in [1.29, 1.82) is 0 Å². The minimum Gasteiger partial charge on any atom is -0.481 e. The monoisotopic (exact) mass is 274 g/mol. The summed E-state index contributed by atoms with van der Waals surface area (Å²) in [5.74, 6) is -1.17. The van der Waals surface area contributed by atoms with Crippen LogP contribution in [0, 0.1) is 5.92 Å². The number of benzene rings is 1. The van der Waals surface area contributed by atoms with Crippen LogP contribution in [0.15, 0.2) is 24.3 Å². The van der Waals surface area contributed by atoms with Gasteiger partial charge in [0.05, 0.1) is 24.2 Å². The lowest BCUT2D eigenvalue weighted by Crippen LogP contribution is -2.36. The molecular formula is C13H13F3O3. The summed E-state index contributed by atoms with van der Waals surface area (Å²) < 4.78 is 42.4. The Kier molecular flexibility index (Phi) is 3.80. The highest BCUT2D eigenvalue weighted by molar-refractivity contribution is 5.71. The molecule has 104 valence electrons. The van der Waals surface area contributed by atoms with E-state index >= 15 is 0 Å². The molecule has 0 saturated heterocycles. The first-order valence-electron chi connectivity index (χ1n) is 5.87. The van der Waals surface area contributed by atoms with E-state index < -0.39 is 17.7 Å². The van der Waals surface area contributed by atoms with E-state index in [4.69, 9.17) is 9.84 Å². The van der Waals surface area contributed by atoms with Crippen LogP contribution in [0.4, 0.5) is 13.2 Å². The van der Waals surface area contributed by atoms with Crippen LogP contribution in [0.1, 0.15) is 24.0 Å². The lowest BCUT2D eigenvalue weighted by molar-refractivity contribution is -0.151. The third kappa shape index (κ3) is 3.47. The van der Waals surface area contributed by atoms with Gasteiger partial charge < -0.3 is 9.84 Å². The number of rotatable bonds is 4. The normalized spacial score (nSPS) is 22.9. The molecule has 0 amide bonds. The molecule has 3 nitrogen and oxygen atoms in total. The quantitative estimate of drug-likeness (QED) is 0.917. The van der Waals surface area contributed by atoms with Crippen LogP contribution >= 0.6 is 0 Å². The van der Waals surface area contributed by atoms with E-state index in [2.05, 4.69) is 0 Å². The fraction of sp³-hybridized carbons (Fsp3) is 0.462. The van der Waals surface area contributed by atoms with Crippen molar-refractivity contribution in [1.82, 2.24) is 0 Å². The Labute approximate surface area is 108 Å². The largest absolute Gasteiger partial charge is 0.481 e. The minimum atomic E-state index is -4.33. The molecule has 0 bridgehead atoms. The Hall–Kier alpha value is -1.56. The van der Waals surface area contributed by atoms with Crippen LogP contribution < -0.4 is 0 Å². The van der Waals surface area contributed by atoms with Gasteiger partial charge in [0.1, 0.15) is 0 Å². The summed E-state index contributed by atoms with van der Waals surface area (Å²) in [7, 11) is 0. The van der Waals surface area contributed by atoms with Crippen molar-refractivity contribution < 1.29 is 27.8 Å². The van der Waals surface area contributed by atoms with E-state index in [1.807, 2.05) is 0 Å². The molecule has 0 aromatic heterocycles. The molecule has 19 heavy (non-hydrogen) atoms. The minimum absolute atomic E-state index is 0.108. The summed E-state index contributed by atoms with van der Waals surface area (Å²) in [5.41, 5.74) is -0.0439. The molecule has 1 aromatic carbocycles. The highest BCUT2D eigenvalue weighted by atomic mass is 19.4.